The van der Waals surface area contributed by atoms with Crippen LogP contribution in [0.3, 0.4) is 0 Å². The number of rotatable bonds is 6. The number of thiazole rings is 1. The third-order valence-corrected chi connectivity index (χ3v) is 4.64. The van der Waals surface area contributed by atoms with E-state index in [1.165, 1.54) is 11.3 Å². The summed E-state index contributed by atoms with van der Waals surface area (Å²) in [6.07, 6.45) is 0. The minimum atomic E-state index is -0.923. The molecule has 0 aromatic carbocycles. The average molecular weight is 314 g/mol. The Hall–Kier alpha value is -1.45. The molecule has 0 aliphatic carbocycles. The largest absolute Gasteiger partial charge is 0.481 e. The lowest BCUT2D eigenvalue weighted by Crippen LogP contribution is -2.12. The molecule has 9 heteroatoms. The number of nitrogens with zero attached hydrogens (tertiary/aromatic N) is 4. The van der Waals surface area contributed by atoms with E-state index in [2.05, 4.69) is 15.2 Å². The Morgan fingerprint density at radius 2 is 2.30 bits per heavy atom. The van der Waals surface area contributed by atoms with E-state index < -0.39 is 5.97 Å². The van der Waals surface area contributed by atoms with Crippen molar-refractivity contribution in [3.63, 3.8) is 0 Å². The number of hydrogen-bond acceptors (Lipinski definition) is 7. The molecule has 1 unspecified atom stereocenters. The van der Waals surface area contributed by atoms with Crippen LogP contribution in [0.2, 0.25) is 0 Å². The fraction of sp³-hybridized carbons (Fsp3) is 0.455. The number of aromatic nitrogens is 4. The molecule has 0 spiro atoms. The second-order valence-corrected chi connectivity index (χ2v) is 5.94. The van der Waals surface area contributed by atoms with Crippen LogP contribution in [0.15, 0.2) is 10.5 Å². The van der Waals surface area contributed by atoms with Crippen molar-refractivity contribution in [3.8, 4) is 0 Å². The number of aliphatic hydroxyl groups excluding tert-OH is 1. The highest BCUT2D eigenvalue weighted by Crippen LogP contribution is 2.28. The van der Waals surface area contributed by atoms with Gasteiger partial charge in [-0.2, -0.15) is 0 Å². The minimum absolute atomic E-state index is 0.104. The van der Waals surface area contributed by atoms with E-state index in [4.69, 9.17) is 5.11 Å². The lowest BCUT2D eigenvalue weighted by atomic mass is 10.3. The Morgan fingerprint density at radius 1 is 1.55 bits per heavy atom. The van der Waals surface area contributed by atoms with Gasteiger partial charge in [0.2, 0.25) is 0 Å². The van der Waals surface area contributed by atoms with Crippen molar-refractivity contribution >= 4 is 29.1 Å². The molecule has 2 aromatic heterocycles. The summed E-state index contributed by atoms with van der Waals surface area (Å²) in [6, 6.07) is -0.151. The lowest BCUT2D eigenvalue weighted by Gasteiger charge is -2.14. The van der Waals surface area contributed by atoms with E-state index in [1.807, 2.05) is 19.2 Å². The van der Waals surface area contributed by atoms with Gasteiger partial charge in [0.1, 0.15) is 11.6 Å². The standard InChI is InChI=1S/C11H14N4O3S2/c1-6-4-19-10(12-6)7(2)15-8(3-16)13-14-11(15)20-5-9(17)18/h4,7,16H,3,5H2,1-2H3,(H,17,18). The van der Waals surface area contributed by atoms with Crippen LogP contribution in [0.25, 0.3) is 0 Å². The van der Waals surface area contributed by atoms with Gasteiger partial charge in [0.05, 0.1) is 11.8 Å². The highest BCUT2D eigenvalue weighted by Gasteiger charge is 2.21. The minimum Gasteiger partial charge on any atom is -0.481 e. The SMILES string of the molecule is Cc1csc(C(C)n2c(CO)nnc2SCC(=O)O)n1. The van der Waals surface area contributed by atoms with Gasteiger partial charge in [-0.25, -0.2) is 4.98 Å². The molecule has 0 fully saturated rings. The summed E-state index contributed by atoms with van der Waals surface area (Å²) in [7, 11) is 0. The van der Waals surface area contributed by atoms with E-state index in [-0.39, 0.29) is 18.4 Å². The van der Waals surface area contributed by atoms with E-state index in [0.717, 1.165) is 22.5 Å². The zero-order chi connectivity index (χ0) is 14.7. The number of aliphatic carboxylic acids is 1. The van der Waals surface area contributed by atoms with Gasteiger partial charge in [-0.05, 0) is 13.8 Å². The smallest absolute Gasteiger partial charge is 0.313 e. The van der Waals surface area contributed by atoms with Gasteiger partial charge in [0.15, 0.2) is 11.0 Å². The number of hydrogen-bond donors (Lipinski definition) is 2. The third-order valence-electron chi connectivity index (χ3n) is 2.58. The van der Waals surface area contributed by atoms with Crippen LogP contribution in [-0.4, -0.2) is 41.7 Å². The summed E-state index contributed by atoms with van der Waals surface area (Å²) >= 11 is 2.59. The van der Waals surface area contributed by atoms with Crippen LogP contribution in [0, 0.1) is 6.92 Å². The molecular weight excluding hydrogens is 300 g/mol. The fourth-order valence-corrected chi connectivity index (χ4v) is 3.30. The molecule has 0 aliphatic heterocycles. The number of carboxylic acids is 1. The Bertz CT molecular complexity index is 611. The van der Waals surface area contributed by atoms with E-state index >= 15 is 0 Å². The fourth-order valence-electron chi connectivity index (χ4n) is 1.70. The van der Waals surface area contributed by atoms with Gasteiger partial charge in [-0.15, -0.1) is 21.5 Å². The van der Waals surface area contributed by atoms with Crippen LogP contribution in [0.5, 0.6) is 0 Å². The maximum atomic E-state index is 10.7. The number of carboxylic acid groups (broad SMARTS) is 1. The summed E-state index contributed by atoms with van der Waals surface area (Å²) in [4.78, 5) is 15.1. The van der Waals surface area contributed by atoms with Crippen LogP contribution >= 0.6 is 23.1 Å². The van der Waals surface area contributed by atoms with Crippen LogP contribution in [-0.2, 0) is 11.4 Å². The van der Waals surface area contributed by atoms with E-state index in [1.54, 1.807) is 4.57 Å². The van der Waals surface area contributed by atoms with E-state index in [9.17, 15) is 9.90 Å². The van der Waals surface area contributed by atoms with Gasteiger partial charge in [-0.3, -0.25) is 9.36 Å². The number of aryl methyl sites for hydroxylation is 1. The Morgan fingerprint density at radius 3 is 2.85 bits per heavy atom. The predicted molar refractivity (Wildman–Crippen MR) is 75.0 cm³/mol. The maximum absolute atomic E-state index is 10.7. The molecule has 2 rings (SSSR count). The monoisotopic (exact) mass is 314 g/mol. The summed E-state index contributed by atoms with van der Waals surface area (Å²) in [6.45, 7) is 3.58. The molecule has 0 saturated carbocycles. The molecule has 0 radical (unpaired) electrons. The number of aliphatic hydroxyl groups is 1. The average Bonchev–Trinajstić information content (AvgIpc) is 3.01. The summed E-state index contributed by atoms with van der Waals surface area (Å²) < 4.78 is 1.73. The van der Waals surface area contributed by atoms with Crippen molar-refractivity contribution in [2.45, 2.75) is 31.7 Å². The van der Waals surface area contributed by atoms with Gasteiger partial charge in [0, 0.05) is 11.1 Å². The lowest BCUT2D eigenvalue weighted by molar-refractivity contribution is -0.133. The molecule has 1 atom stereocenters. The molecule has 2 N–H and O–H groups in total. The Balaban J connectivity index is 2.32. The van der Waals surface area contributed by atoms with Gasteiger partial charge < -0.3 is 10.2 Å². The van der Waals surface area contributed by atoms with Crippen molar-refractivity contribution in [1.29, 1.82) is 0 Å². The van der Waals surface area contributed by atoms with Crippen LogP contribution in [0.1, 0.15) is 29.5 Å². The molecule has 2 aromatic rings. The highest BCUT2D eigenvalue weighted by molar-refractivity contribution is 7.99. The summed E-state index contributed by atoms with van der Waals surface area (Å²) in [5.74, 6) is -0.626. The molecule has 0 aliphatic rings. The third kappa shape index (κ3) is 3.17. The first-order valence-corrected chi connectivity index (χ1v) is 7.70. The molecule has 2 heterocycles. The topological polar surface area (TPSA) is 101 Å². The summed E-state index contributed by atoms with van der Waals surface area (Å²) in [5.41, 5.74) is 0.926. The van der Waals surface area contributed by atoms with Gasteiger partial charge in [-0.1, -0.05) is 11.8 Å². The van der Waals surface area contributed by atoms with Crippen molar-refractivity contribution in [1.82, 2.24) is 19.7 Å². The second kappa shape index (κ2) is 6.33. The van der Waals surface area contributed by atoms with E-state index in [0.29, 0.717) is 11.0 Å². The number of thioether (sulfide) groups is 1. The Kier molecular flexibility index (Phi) is 4.73. The zero-order valence-electron chi connectivity index (χ0n) is 11.0. The molecular formula is C11H14N4O3S2. The maximum Gasteiger partial charge on any atom is 0.313 e. The predicted octanol–water partition coefficient (Wildman–Crippen LogP) is 1.32. The second-order valence-electron chi connectivity index (χ2n) is 4.11. The molecule has 0 amide bonds. The zero-order valence-corrected chi connectivity index (χ0v) is 12.6. The van der Waals surface area contributed by atoms with Gasteiger partial charge >= 0.3 is 5.97 Å². The van der Waals surface area contributed by atoms with Crippen LogP contribution < -0.4 is 0 Å². The molecule has 108 valence electrons. The molecule has 7 nitrogen and oxygen atoms in total. The number of carbonyl (C=O) groups is 1. The van der Waals surface area contributed by atoms with Crippen LogP contribution in [0.4, 0.5) is 0 Å². The highest BCUT2D eigenvalue weighted by atomic mass is 32.2. The first-order valence-electron chi connectivity index (χ1n) is 5.84. The molecule has 0 bridgehead atoms. The Labute approximate surface area is 123 Å². The normalized spacial score (nSPS) is 12.6. The van der Waals surface area contributed by atoms with Crippen molar-refractivity contribution < 1.29 is 15.0 Å². The van der Waals surface area contributed by atoms with Crippen molar-refractivity contribution in [2.75, 3.05) is 5.75 Å². The first kappa shape index (κ1) is 14.9. The van der Waals surface area contributed by atoms with Crippen molar-refractivity contribution in [2.24, 2.45) is 0 Å². The van der Waals surface area contributed by atoms with Gasteiger partial charge in [0.25, 0.3) is 0 Å². The van der Waals surface area contributed by atoms with Crippen molar-refractivity contribution in [3.05, 3.63) is 21.9 Å². The quantitative estimate of drug-likeness (QED) is 0.775. The molecule has 20 heavy (non-hydrogen) atoms. The summed E-state index contributed by atoms with van der Waals surface area (Å²) in [5, 5.41) is 29.2. The molecule has 0 saturated heterocycles. The first-order chi connectivity index (χ1) is 9.52.